The highest BCUT2D eigenvalue weighted by Crippen LogP contribution is 2.20. The lowest BCUT2D eigenvalue weighted by atomic mass is 10.1. The fourth-order valence-corrected chi connectivity index (χ4v) is 2.78. The lowest BCUT2D eigenvalue weighted by Crippen LogP contribution is -2.10. The summed E-state index contributed by atoms with van der Waals surface area (Å²) in [5.41, 5.74) is 5.53. The number of aryl methyl sites for hydroxylation is 1. The van der Waals surface area contributed by atoms with Crippen molar-refractivity contribution in [3.63, 3.8) is 0 Å². The number of hydrogen-bond acceptors (Lipinski definition) is 5. The van der Waals surface area contributed by atoms with Gasteiger partial charge in [0, 0.05) is 4.47 Å². The van der Waals surface area contributed by atoms with Crippen LogP contribution in [0.1, 0.15) is 26.3 Å². The third kappa shape index (κ3) is 5.11. The van der Waals surface area contributed by atoms with Crippen molar-refractivity contribution >= 4 is 39.2 Å². The van der Waals surface area contributed by atoms with Gasteiger partial charge in [-0.05, 0) is 71.4 Å². The summed E-state index contributed by atoms with van der Waals surface area (Å²) in [7, 11) is 0. The van der Waals surface area contributed by atoms with Crippen LogP contribution in [0.3, 0.4) is 0 Å². The fourth-order valence-electron chi connectivity index (χ4n) is 2.32. The second-order valence-electron chi connectivity index (χ2n) is 5.89. The predicted octanol–water partition coefficient (Wildman–Crippen LogP) is 5.87. The van der Waals surface area contributed by atoms with Gasteiger partial charge in [-0.25, -0.2) is 10.3 Å². The molecule has 28 heavy (non-hydrogen) atoms. The minimum Gasteiger partial charge on any atom is -0.338 e. The molecule has 3 aromatic carbocycles. The average Bonchev–Trinajstić information content (AvgIpc) is 2.71. The first-order chi connectivity index (χ1) is 13.5. The zero-order valence-corrected chi connectivity index (χ0v) is 16.5. The summed E-state index contributed by atoms with van der Waals surface area (Å²) in [4.78, 5) is 29.2. The number of azo groups is 1. The van der Waals surface area contributed by atoms with Gasteiger partial charge in [-0.15, -0.1) is 10.2 Å². The van der Waals surface area contributed by atoms with E-state index >= 15 is 0 Å². The van der Waals surface area contributed by atoms with E-state index in [2.05, 4.69) is 31.6 Å². The summed E-state index contributed by atoms with van der Waals surface area (Å²) in [5, 5.41) is 7.66. The molecule has 0 heterocycles. The predicted molar refractivity (Wildman–Crippen MR) is 110 cm³/mol. The molecule has 0 fully saturated rings. The Hall–Kier alpha value is -3.32. The van der Waals surface area contributed by atoms with E-state index in [9.17, 15) is 9.59 Å². The Kier molecular flexibility index (Phi) is 6.29. The maximum atomic E-state index is 12.1. The van der Waals surface area contributed by atoms with Crippen molar-refractivity contribution in [2.24, 2.45) is 10.2 Å². The van der Waals surface area contributed by atoms with E-state index in [1.807, 2.05) is 19.1 Å². The molecule has 1 N–H and O–H groups in total. The summed E-state index contributed by atoms with van der Waals surface area (Å²) in [6.45, 7) is 1.90. The number of hydrogen-bond donors (Lipinski definition) is 1. The molecule has 0 saturated carbocycles. The summed E-state index contributed by atoms with van der Waals surface area (Å²) in [5.74, 6) is -0.923. The Morgan fingerprint density at radius 3 is 2.43 bits per heavy atom. The second kappa shape index (κ2) is 9.05. The number of benzene rings is 3. The smallest absolute Gasteiger partial charge is 0.338 e. The molecule has 0 bridgehead atoms. The van der Waals surface area contributed by atoms with Gasteiger partial charge in [0.25, 0.3) is 5.91 Å². The van der Waals surface area contributed by atoms with Gasteiger partial charge in [-0.1, -0.05) is 29.8 Å². The van der Waals surface area contributed by atoms with Crippen molar-refractivity contribution in [2.75, 3.05) is 5.48 Å². The van der Waals surface area contributed by atoms with Gasteiger partial charge in [0.1, 0.15) is 0 Å². The average molecular weight is 438 g/mol. The summed E-state index contributed by atoms with van der Waals surface area (Å²) >= 11 is 3.31. The highest BCUT2D eigenvalue weighted by atomic mass is 79.9. The number of nitrogens with one attached hydrogen (secondary N) is 1. The number of anilines is 1. The Bertz CT molecular complexity index is 1030. The van der Waals surface area contributed by atoms with Gasteiger partial charge in [-0.2, -0.15) is 0 Å². The fraction of sp³-hybridized carbons (Fsp3) is 0.0476. The van der Waals surface area contributed by atoms with Crippen LogP contribution in [-0.2, 0) is 4.84 Å². The van der Waals surface area contributed by atoms with Crippen LogP contribution in [0.5, 0.6) is 0 Å². The van der Waals surface area contributed by atoms with Crippen molar-refractivity contribution < 1.29 is 14.4 Å². The Morgan fingerprint density at radius 1 is 0.964 bits per heavy atom. The van der Waals surface area contributed by atoms with Crippen molar-refractivity contribution in [3.8, 4) is 0 Å². The minimum absolute atomic E-state index is 0.438. The molecular formula is C21H16BrN3O3. The van der Waals surface area contributed by atoms with Crippen molar-refractivity contribution in [1.29, 1.82) is 0 Å². The van der Waals surface area contributed by atoms with E-state index in [-0.39, 0.29) is 0 Å². The largest absolute Gasteiger partial charge is 0.362 e. The first kappa shape index (κ1) is 19.4. The Balaban J connectivity index is 1.58. The number of carbonyl (C=O) groups is 2. The van der Waals surface area contributed by atoms with E-state index < -0.39 is 11.9 Å². The molecule has 1 amide bonds. The molecule has 0 saturated heterocycles. The number of halogens is 1. The number of amides is 1. The van der Waals surface area contributed by atoms with E-state index in [4.69, 9.17) is 4.84 Å². The maximum Gasteiger partial charge on any atom is 0.362 e. The number of carbonyl (C=O) groups excluding carboxylic acids is 2. The first-order valence-corrected chi connectivity index (χ1v) is 9.17. The lowest BCUT2D eigenvalue weighted by molar-refractivity contribution is 0.0596. The van der Waals surface area contributed by atoms with Crippen molar-refractivity contribution in [3.05, 3.63) is 94.0 Å². The topological polar surface area (TPSA) is 80.1 Å². The molecule has 140 valence electrons. The monoisotopic (exact) mass is 437 g/mol. The Morgan fingerprint density at radius 2 is 1.71 bits per heavy atom. The molecule has 0 aromatic heterocycles. The third-order valence-electron chi connectivity index (χ3n) is 3.74. The highest BCUT2D eigenvalue weighted by molar-refractivity contribution is 9.10. The summed E-state index contributed by atoms with van der Waals surface area (Å²) < 4.78 is 0.661. The zero-order valence-electron chi connectivity index (χ0n) is 14.9. The quantitative estimate of drug-likeness (QED) is 0.399. The van der Waals surface area contributed by atoms with Crippen LogP contribution in [0.2, 0.25) is 0 Å². The van der Waals surface area contributed by atoms with Gasteiger partial charge in [0.15, 0.2) is 0 Å². The minimum atomic E-state index is -0.480. The van der Waals surface area contributed by atoms with Gasteiger partial charge in [0.05, 0.1) is 22.5 Å². The van der Waals surface area contributed by atoms with Crippen LogP contribution in [0.15, 0.2) is 87.5 Å². The molecule has 7 heteroatoms. The first-order valence-electron chi connectivity index (χ1n) is 8.37. The molecule has 0 aliphatic carbocycles. The molecule has 0 aliphatic heterocycles. The van der Waals surface area contributed by atoms with E-state index in [1.165, 1.54) is 0 Å². The molecule has 0 radical (unpaired) electrons. The van der Waals surface area contributed by atoms with Gasteiger partial charge in [-0.3, -0.25) is 4.79 Å². The summed E-state index contributed by atoms with van der Waals surface area (Å²) in [6.07, 6.45) is 0. The molecule has 0 atom stereocenters. The number of rotatable bonds is 5. The third-order valence-corrected chi connectivity index (χ3v) is 4.43. The van der Waals surface area contributed by atoms with Gasteiger partial charge < -0.3 is 4.84 Å². The lowest BCUT2D eigenvalue weighted by Gasteiger charge is -2.07. The molecule has 0 spiro atoms. The van der Waals surface area contributed by atoms with Gasteiger partial charge in [0.2, 0.25) is 0 Å². The van der Waals surface area contributed by atoms with Crippen LogP contribution in [0.4, 0.5) is 11.4 Å². The second-order valence-corrected chi connectivity index (χ2v) is 6.75. The molecule has 6 nitrogen and oxygen atoms in total. The number of nitrogens with zero attached hydrogens (tertiary/aromatic N) is 2. The van der Waals surface area contributed by atoms with Crippen LogP contribution >= 0.6 is 15.9 Å². The molecule has 3 aromatic rings. The van der Waals surface area contributed by atoms with Crippen LogP contribution in [0, 0.1) is 6.92 Å². The molecule has 0 unspecified atom stereocenters. The Labute approximate surface area is 170 Å². The van der Waals surface area contributed by atoms with E-state index in [0.717, 1.165) is 5.56 Å². The van der Waals surface area contributed by atoms with E-state index in [0.29, 0.717) is 27.0 Å². The van der Waals surface area contributed by atoms with Crippen molar-refractivity contribution in [1.82, 2.24) is 0 Å². The van der Waals surface area contributed by atoms with Gasteiger partial charge >= 0.3 is 5.97 Å². The van der Waals surface area contributed by atoms with E-state index in [1.54, 1.807) is 60.7 Å². The maximum absolute atomic E-state index is 12.1. The zero-order chi connectivity index (χ0) is 19.9. The SMILES string of the molecule is Cc1cccc(C(=O)ONc2ccc(N=NC(=O)c3ccccc3Br)cc2)c1. The molecule has 3 rings (SSSR count). The summed E-state index contributed by atoms with van der Waals surface area (Å²) in [6, 6.07) is 20.8. The molecular weight excluding hydrogens is 422 g/mol. The van der Waals surface area contributed by atoms with Crippen LogP contribution in [0.25, 0.3) is 0 Å². The van der Waals surface area contributed by atoms with Crippen LogP contribution in [-0.4, -0.2) is 11.9 Å². The highest BCUT2D eigenvalue weighted by Gasteiger charge is 2.09. The van der Waals surface area contributed by atoms with Crippen molar-refractivity contribution in [2.45, 2.75) is 6.92 Å². The normalized spacial score (nSPS) is 10.6. The molecule has 0 aliphatic rings. The van der Waals surface area contributed by atoms with Crippen LogP contribution < -0.4 is 5.48 Å². The standard InChI is InChI=1S/C21H16BrN3O3/c1-14-5-4-6-15(13-14)21(27)28-25-17-11-9-16(10-12-17)23-24-20(26)18-7-2-3-8-19(18)22/h2-13,25H,1H3.